The summed E-state index contributed by atoms with van der Waals surface area (Å²) in [5.41, 5.74) is 1.29. The van der Waals surface area contributed by atoms with Crippen LogP contribution in [0.2, 0.25) is 5.02 Å². The Labute approximate surface area is 86.8 Å². The third kappa shape index (κ3) is 2.33. The van der Waals surface area contributed by atoms with E-state index >= 15 is 0 Å². The van der Waals surface area contributed by atoms with E-state index < -0.39 is 0 Å². The van der Waals surface area contributed by atoms with Gasteiger partial charge in [-0.05, 0) is 29.8 Å². The highest BCUT2D eigenvalue weighted by atomic mass is 35.5. The van der Waals surface area contributed by atoms with Crippen LogP contribution in [0, 0.1) is 5.38 Å². The monoisotopic (exact) mass is 207 g/mol. The highest BCUT2D eigenvalue weighted by molar-refractivity contribution is 7.09. The van der Waals surface area contributed by atoms with Crippen molar-refractivity contribution in [2.45, 2.75) is 6.42 Å². The van der Waals surface area contributed by atoms with E-state index in [0.29, 0.717) is 0 Å². The van der Waals surface area contributed by atoms with E-state index in [9.17, 15) is 0 Å². The summed E-state index contributed by atoms with van der Waals surface area (Å²) in [4.78, 5) is 1.34. The molecule has 1 heterocycles. The average molecular weight is 208 g/mol. The molecule has 2 heteroatoms. The highest BCUT2D eigenvalue weighted by Gasteiger charge is 1.96. The maximum absolute atomic E-state index is 5.79. The molecule has 0 N–H and O–H groups in total. The summed E-state index contributed by atoms with van der Waals surface area (Å²) in [6, 6.07) is 12.0. The zero-order chi connectivity index (χ0) is 9.10. The zero-order valence-corrected chi connectivity index (χ0v) is 8.53. The molecule has 0 amide bonds. The van der Waals surface area contributed by atoms with Gasteiger partial charge in [-0.25, -0.2) is 0 Å². The molecule has 0 saturated heterocycles. The summed E-state index contributed by atoms with van der Waals surface area (Å²) in [5.74, 6) is 0. The van der Waals surface area contributed by atoms with Crippen molar-refractivity contribution < 1.29 is 0 Å². The molecule has 1 aromatic heterocycles. The quantitative estimate of drug-likeness (QED) is 0.703. The summed E-state index contributed by atoms with van der Waals surface area (Å²) in [7, 11) is 0. The van der Waals surface area contributed by atoms with Gasteiger partial charge in [0.1, 0.15) is 0 Å². The maximum atomic E-state index is 5.79. The van der Waals surface area contributed by atoms with Crippen molar-refractivity contribution in [1.82, 2.24) is 0 Å². The van der Waals surface area contributed by atoms with Crippen molar-refractivity contribution in [3.63, 3.8) is 0 Å². The van der Waals surface area contributed by atoms with Crippen molar-refractivity contribution >= 4 is 22.9 Å². The Morgan fingerprint density at radius 1 is 1.15 bits per heavy atom. The summed E-state index contributed by atoms with van der Waals surface area (Å²) in [6.45, 7) is 0. The van der Waals surface area contributed by atoms with Gasteiger partial charge in [-0.2, -0.15) is 0 Å². The minimum absolute atomic E-state index is 0.793. The second-order valence-electron chi connectivity index (χ2n) is 2.82. The highest BCUT2D eigenvalue weighted by Crippen LogP contribution is 2.16. The molecule has 0 unspecified atom stereocenters. The summed E-state index contributed by atoms with van der Waals surface area (Å²) in [5, 5.41) is 3.87. The van der Waals surface area contributed by atoms with Gasteiger partial charge in [0.05, 0.1) is 0 Å². The predicted molar refractivity (Wildman–Crippen MR) is 57.4 cm³/mol. The van der Waals surface area contributed by atoms with Gasteiger partial charge in [-0.15, -0.1) is 11.3 Å². The van der Waals surface area contributed by atoms with Crippen molar-refractivity contribution in [2.75, 3.05) is 0 Å². The standard InChI is InChI=1S/C11H8ClS/c12-10-5-3-9(4-6-10)8-11-2-1-7-13-11/h1-6H,8H2. The Morgan fingerprint density at radius 2 is 1.92 bits per heavy atom. The van der Waals surface area contributed by atoms with E-state index in [0.717, 1.165) is 11.4 Å². The Morgan fingerprint density at radius 3 is 2.54 bits per heavy atom. The number of benzene rings is 1. The lowest BCUT2D eigenvalue weighted by molar-refractivity contribution is 1.24. The molecule has 0 aliphatic carbocycles. The molecule has 0 nitrogen and oxygen atoms in total. The maximum Gasteiger partial charge on any atom is 0.0445 e. The van der Waals surface area contributed by atoms with E-state index in [-0.39, 0.29) is 0 Å². The first kappa shape index (κ1) is 8.79. The van der Waals surface area contributed by atoms with Gasteiger partial charge in [0.15, 0.2) is 0 Å². The van der Waals surface area contributed by atoms with E-state index in [1.807, 2.05) is 18.2 Å². The molecule has 0 bridgehead atoms. The molecular weight excluding hydrogens is 200 g/mol. The van der Waals surface area contributed by atoms with Crippen LogP contribution < -0.4 is 0 Å². The second-order valence-corrected chi connectivity index (χ2v) is 4.22. The molecule has 65 valence electrons. The van der Waals surface area contributed by atoms with Gasteiger partial charge in [-0.3, -0.25) is 0 Å². The molecule has 2 rings (SSSR count). The fourth-order valence-corrected chi connectivity index (χ4v) is 1.96. The first-order valence-corrected chi connectivity index (χ1v) is 5.23. The van der Waals surface area contributed by atoms with Crippen LogP contribution in [0.15, 0.2) is 36.4 Å². The largest absolute Gasteiger partial charge is 0.139 e. The van der Waals surface area contributed by atoms with Crippen molar-refractivity contribution in [2.24, 2.45) is 0 Å². The topological polar surface area (TPSA) is 0 Å². The third-order valence-electron chi connectivity index (χ3n) is 1.82. The first-order chi connectivity index (χ1) is 6.34. The number of hydrogen-bond acceptors (Lipinski definition) is 1. The number of hydrogen-bond donors (Lipinski definition) is 0. The average Bonchev–Trinajstić information content (AvgIpc) is 2.62. The first-order valence-electron chi connectivity index (χ1n) is 4.04. The molecule has 13 heavy (non-hydrogen) atoms. The van der Waals surface area contributed by atoms with Gasteiger partial charge in [0, 0.05) is 21.7 Å². The normalized spacial score (nSPS) is 10.2. The molecule has 1 aromatic carbocycles. The predicted octanol–water partition coefficient (Wildman–Crippen LogP) is 3.79. The third-order valence-corrected chi connectivity index (χ3v) is 2.87. The lowest BCUT2D eigenvalue weighted by Crippen LogP contribution is -1.82. The summed E-state index contributed by atoms with van der Waals surface area (Å²) >= 11 is 7.45. The van der Waals surface area contributed by atoms with E-state index in [1.54, 1.807) is 11.3 Å². The van der Waals surface area contributed by atoms with Crippen LogP contribution in [0.3, 0.4) is 0 Å². The van der Waals surface area contributed by atoms with Crippen LogP contribution in [0.4, 0.5) is 0 Å². The summed E-state index contributed by atoms with van der Waals surface area (Å²) < 4.78 is 0. The number of rotatable bonds is 2. The fourth-order valence-electron chi connectivity index (χ4n) is 1.17. The van der Waals surface area contributed by atoms with Crippen LogP contribution in [0.5, 0.6) is 0 Å². The SMILES string of the molecule is Clc1ccc(Cc2cc[c]s2)cc1. The van der Waals surface area contributed by atoms with Gasteiger partial charge < -0.3 is 0 Å². The lowest BCUT2D eigenvalue weighted by atomic mass is 10.1. The van der Waals surface area contributed by atoms with Gasteiger partial charge in [0.25, 0.3) is 0 Å². The number of halogens is 1. The van der Waals surface area contributed by atoms with Crippen molar-refractivity contribution in [3.8, 4) is 0 Å². The van der Waals surface area contributed by atoms with E-state index in [1.165, 1.54) is 10.4 Å². The zero-order valence-electron chi connectivity index (χ0n) is 6.96. The van der Waals surface area contributed by atoms with Gasteiger partial charge in [0.2, 0.25) is 0 Å². The van der Waals surface area contributed by atoms with Gasteiger partial charge >= 0.3 is 0 Å². The van der Waals surface area contributed by atoms with E-state index in [4.69, 9.17) is 11.6 Å². The van der Waals surface area contributed by atoms with Crippen LogP contribution in [0.25, 0.3) is 0 Å². The molecule has 0 atom stereocenters. The minimum atomic E-state index is 0.793. The van der Waals surface area contributed by atoms with E-state index in [2.05, 4.69) is 23.6 Å². The molecule has 0 saturated carbocycles. The molecule has 0 spiro atoms. The van der Waals surface area contributed by atoms with Crippen LogP contribution in [0.1, 0.15) is 10.4 Å². The van der Waals surface area contributed by atoms with Crippen molar-refractivity contribution in [1.29, 1.82) is 0 Å². The van der Waals surface area contributed by atoms with Crippen LogP contribution in [-0.4, -0.2) is 0 Å². The molecule has 0 aliphatic heterocycles. The molecule has 0 aliphatic rings. The summed E-state index contributed by atoms with van der Waals surface area (Å²) in [6.07, 6.45) is 0.978. The second kappa shape index (κ2) is 3.95. The molecular formula is C11H8ClS. The molecule has 0 fully saturated rings. The minimum Gasteiger partial charge on any atom is -0.139 e. The van der Waals surface area contributed by atoms with Crippen LogP contribution in [-0.2, 0) is 6.42 Å². The lowest BCUT2D eigenvalue weighted by Gasteiger charge is -1.97. The number of thiophene rings is 1. The van der Waals surface area contributed by atoms with Crippen molar-refractivity contribution in [3.05, 3.63) is 57.2 Å². The Hall–Kier alpha value is -0.790. The molecule has 2 aromatic rings. The smallest absolute Gasteiger partial charge is 0.0445 e. The Kier molecular flexibility index (Phi) is 2.67. The Balaban J connectivity index is 2.15. The van der Waals surface area contributed by atoms with Gasteiger partial charge in [-0.1, -0.05) is 23.7 Å². The fraction of sp³-hybridized carbons (Fsp3) is 0.0909. The molecule has 1 radical (unpaired) electrons. The Bertz CT molecular complexity index is 361. The van der Waals surface area contributed by atoms with Crippen LogP contribution >= 0.6 is 22.9 Å².